The van der Waals surface area contributed by atoms with Crippen LogP contribution < -0.4 is 0 Å². The average Bonchev–Trinajstić information content (AvgIpc) is 3.27. The Bertz CT molecular complexity index is 1130. The Kier molecular flexibility index (Phi) is 48.4. The molecule has 6 nitrogen and oxygen atoms in total. The maximum Gasteiger partial charge on any atom is 0.306 e. The van der Waals surface area contributed by atoms with Crippen molar-refractivity contribution in [3.63, 3.8) is 0 Å². The van der Waals surface area contributed by atoms with Crippen molar-refractivity contribution < 1.29 is 28.6 Å². The third-order valence-corrected chi connectivity index (χ3v) is 11.3. The molecule has 0 amide bonds. The van der Waals surface area contributed by atoms with Gasteiger partial charge in [-0.15, -0.1) is 0 Å². The summed E-state index contributed by atoms with van der Waals surface area (Å²) in [7, 11) is 0. The van der Waals surface area contributed by atoms with Gasteiger partial charge in [0.15, 0.2) is 6.10 Å². The predicted molar refractivity (Wildman–Crippen MR) is 265 cm³/mol. The second-order valence-corrected chi connectivity index (χ2v) is 17.5. The van der Waals surface area contributed by atoms with Gasteiger partial charge in [-0.25, -0.2) is 0 Å². The quantitative estimate of drug-likeness (QED) is 0.0199. The molecule has 0 N–H and O–H groups in total. The normalized spacial score (nSPS) is 12.5. The molecule has 6 heteroatoms. The SMILES string of the molecule is CCCCC\C=C/C=C\C=C/C=C\CCCCCCCC(=O)OCC(COC(=O)CCCCCCC/C=C\CCCCC)OC(=O)CCCCCCCCCCCCCCCC. The van der Waals surface area contributed by atoms with E-state index in [1.54, 1.807) is 0 Å². The third-order valence-electron chi connectivity index (χ3n) is 11.3. The number of hydrogen-bond acceptors (Lipinski definition) is 6. The number of hydrogen-bond donors (Lipinski definition) is 0. The maximum atomic E-state index is 12.8. The fourth-order valence-electron chi connectivity index (χ4n) is 7.33. The van der Waals surface area contributed by atoms with Crippen LogP contribution in [-0.4, -0.2) is 37.2 Å². The highest BCUT2D eigenvalue weighted by molar-refractivity contribution is 5.71. The lowest BCUT2D eigenvalue weighted by Gasteiger charge is -2.18. The van der Waals surface area contributed by atoms with Crippen molar-refractivity contribution in [3.05, 3.63) is 60.8 Å². The molecule has 0 aromatic rings. The molecule has 62 heavy (non-hydrogen) atoms. The molecule has 0 aromatic heterocycles. The van der Waals surface area contributed by atoms with Crippen LogP contribution in [0.1, 0.15) is 258 Å². The second kappa shape index (κ2) is 50.8. The molecule has 0 spiro atoms. The van der Waals surface area contributed by atoms with Crippen LogP contribution in [0.25, 0.3) is 0 Å². The molecule has 0 heterocycles. The average molecular weight is 867 g/mol. The Morgan fingerprint density at radius 2 is 0.597 bits per heavy atom. The molecule has 0 fully saturated rings. The molecule has 0 bridgehead atoms. The van der Waals surface area contributed by atoms with Crippen molar-refractivity contribution in [2.75, 3.05) is 13.2 Å². The number of allylic oxidation sites excluding steroid dienone is 10. The molecule has 0 aromatic carbocycles. The van der Waals surface area contributed by atoms with Gasteiger partial charge in [-0.05, 0) is 70.6 Å². The predicted octanol–water partition coefficient (Wildman–Crippen LogP) is 17.3. The van der Waals surface area contributed by atoms with Gasteiger partial charge in [0.2, 0.25) is 0 Å². The van der Waals surface area contributed by atoms with Crippen molar-refractivity contribution in [1.82, 2.24) is 0 Å². The van der Waals surface area contributed by atoms with E-state index in [4.69, 9.17) is 14.2 Å². The van der Waals surface area contributed by atoms with E-state index in [1.165, 1.54) is 128 Å². The van der Waals surface area contributed by atoms with Gasteiger partial charge in [-0.3, -0.25) is 14.4 Å². The fraction of sp³-hybridized carbons (Fsp3) is 0.768. The van der Waals surface area contributed by atoms with Gasteiger partial charge in [0.05, 0.1) is 0 Å². The van der Waals surface area contributed by atoms with Crippen molar-refractivity contribution in [2.45, 2.75) is 264 Å². The van der Waals surface area contributed by atoms with Crippen LogP contribution in [0.2, 0.25) is 0 Å². The van der Waals surface area contributed by atoms with E-state index in [-0.39, 0.29) is 31.1 Å². The molecule has 0 aliphatic heterocycles. The van der Waals surface area contributed by atoms with Gasteiger partial charge in [0.25, 0.3) is 0 Å². The van der Waals surface area contributed by atoms with Gasteiger partial charge in [-0.1, -0.05) is 229 Å². The molecule has 0 rings (SSSR count). The smallest absolute Gasteiger partial charge is 0.306 e. The molecule has 0 aliphatic rings. The molecule has 0 radical (unpaired) electrons. The lowest BCUT2D eigenvalue weighted by atomic mass is 10.0. The molecular weight excluding hydrogens is 769 g/mol. The molecule has 0 saturated carbocycles. The number of esters is 3. The number of carbonyl (C=O) groups excluding carboxylic acids is 3. The van der Waals surface area contributed by atoms with E-state index >= 15 is 0 Å². The summed E-state index contributed by atoms with van der Waals surface area (Å²) >= 11 is 0. The van der Waals surface area contributed by atoms with E-state index < -0.39 is 6.10 Å². The van der Waals surface area contributed by atoms with E-state index in [0.717, 1.165) is 89.9 Å². The number of carbonyl (C=O) groups is 3. The summed E-state index contributed by atoms with van der Waals surface area (Å²) in [6, 6.07) is 0. The first kappa shape index (κ1) is 59.1. The summed E-state index contributed by atoms with van der Waals surface area (Å²) in [5.74, 6) is -0.910. The number of unbranched alkanes of at least 4 members (excludes halogenated alkanes) is 29. The minimum absolute atomic E-state index is 0.0847. The van der Waals surface area contributed by atoms with Gasteiger partial charge >= 0.3 is 17.9 Å². The van der Waals surface area contributed by atoms with Crippen molar-refractivity contribution in [3.8, 4) is 0 Å². The topological polar surface area (TPSA) is 78.9 Å². The highest BCUT2D eigenvalue weighted by atomic mass is 16.6. The van der Waals surface area contributed by atoms with E-state index in [9.17, 15) is 14.4 Å². The van der Waals surface area contributed by atoms with Crippen LogP contribution in [0.3, 0.4) is 0 Å². The minimum atomic E-state index is -0.784. The largest absolute Gasteiger partial charge is 0.462 e. The molecule has 358 valence electrons. The van der Waals surface area contributed by atoms with Crippen molar-refractivity contribution >= 4 is 17.9 Å². The first-order valence-corrected chi connectivity index (χ1v) is 26.3. The van der Waals surface area contributed by atoms with Crippen LogP contribution >= 0.6 is 0 Å². The minimum Gasteiger partial charge on any atom is -0.462 e. The molecule has 1 unspecified atom stereocenters. The standard InChI is InChI=1S/C56H98O6/c1-4-7-10-13-16-19-22-25-27-28-29-30-32-34-37-40-43-46-49-55(58)61-52-53(51-60-54(57)48-45-42-39-36-33-24-21-18-15-12-9-6-3)62-56(59)50-47-44-41-38-35-31-26-23-20-17-14-11-8-5-2/h16,18-19,21-22,25,27-30,53H,4-15,17,20,23-24,26,31-52H2,1-3H3/b19-16-,21-18-,25-22-,28-27-,30-29-. The fourth-order valence-corrected chi connectivity index (χ4v) is 7.33. The lowest BCUT2D eigenvalue weighted by molar-refractivity contribution is -0.167. The zero-order chi connectivity index (χ0) is 45.1. The van der Waals surface area contributed by atoms with Crippen LogP contribution in [0.15, 0.2) is 60.8 Å². The summed E-state index contributed by atoms with van der Waals surface area (Å²) in [5.41, 5.74) is 0. The van der Waals surface area contributed by atoms with Gasteiger partial charge in [0.1, 0.15) is 13.2 Å². The summed E-state index contributed by atoms with van der Waals surface area (Å²) in [5, 5.41) is 0. The number of ether oxygens (including phenoxy) is 3. The first-order chi connectivity index (χ1) is 30.5. The van der Waals surface area contributed by atoms with Crippen LogP contribution in [0.5, 0.6) is 0 Å². The Hall–Kier alpha value is -2.89. The highest BCUT2D eigenvalue weighted by Crippen LogP contribution is 2.15. The molecule has 0 saturated heterocycles. The first-order valence-electron chi connectivity index (χ1n) is 26.3. The summed E-state index contributed by atoms with van der Waals surface area (Å²) in [6.07, 6.45) is 61.9. The summed E-state index contributed by atoms with van der Waals surface area (Å²) < 4.78 is 16.8. The molecular formula is C56H98O6. The van der Waals surface area contributed by atoms with Gasteiger partial charge in [-0.2, -0.15) is 0 Å². The summed E-state index contributed by atoms with van der Waals surface area (Å²) in [6.45, 7) is 6.56. The zero-order valence-electron chi connectivity index (χ0n) is 40.9. The molecule has 1 atom stereocenters. The lowest BCUT2D eigenvalue weighted by Crippen LogP contribution is -2.30. The Balaban J connectivity index is 4.41. The Morgan fingerprint density at radius 1 is 0.323 bits per heavy atom. The third kappa shape index (κ3) is 48.1. The van der Waals surface area contributed by atoms with Crippen LogP contribution in [0, 0.1) is 0 Å². The summed E-state index contributed by atoms with van der Waals surface area (Å²) in [4.78, 5) is 38.0. The molecule has 0 aliphatic carbocycles. The highest BCUT2D eigenvalue weighted by Gasteiger charge is 2.19. The zero-order valence-corrected chi connectivity index (χ0v) is 40.9. The van der Waals surface area contributed by atoms with Gasteiger partial charge < -0.3 is 14.2 Å². The van der Waals surface area contributed by atoms with E-state index in [2.05, 4.69) is 81.5 Å². The number of rotatable bonds is 47. The monoisotopic (exact) mass is 867 g/mol. The maximum absolute atomic E-state index is 12.8. The van der Waals surface area contributed by atoms with Crippen LogP contribution in [-0.2, 0) is 28.6 Å². The second-order valence-electron chi connectivity index (χ2n) is 17.5. The van der Waals surface area contributed by atoms with Crippen molar-refractivity contribution in [1.29, 1.82) is 0 Å². The van der Waals surface area contributed by atoms with E-state index in [1.807, 2.05) is 0 Å². The van der Waals surface area contributed by atoms with Crippen molar-refractivity contribution in [2.24, 2.45) is 0 Å². The Morgan fingerprint density at radius 3 is 0.984 bits per heavy atom. The van der Waals surface area contributed by atoms with E-state index in [0.29, 0.717) is 19.3 Å². The van der Waals surface area contributed by atoms with Crippen LogP contribution in [0.4, 0.5) is 0 Å². The Labute approximate surface area is 383 Å². The van der Waals surface area contributed by atoms with Gasteiger partial charge in [0, 0.05) is 19.3 Å².